The summed E-state index contributed by atoms with van der Waals surface area (Å²) in [5, 5.41) is 18.4. The maximum absolute atomic E-state index is 11.2. The van der Waals surface area contributed by atoms with Gasteiger partial charge in [0.05, 0.1) is 11.1 Å². The van der Waals surface area contributed by atoms with Gasteiger partial charge in [-0.25, -0.2) is 9.59 Å². The molecule has 0 spiro atoms. The van der Waals surface area contributed by atoms with Crippen LogP contribution in [0.5, 0.6) is 0 Å². The summed E-state index contributed by atoms with van der Waals surface area (Å²) >= 11 is 0. The van der Waals surface area contributed by atoms with E-state index >= 15 is 0 Å². The van der Waals surface area contributed by atoms with E-state index in [-0.39, 0.29) is 11.1 Å². The second-order valence-corrected chi connectivity index (χ2v) is 7.24. The second kappa shape index (κ2) is 7.06. The van der Waals surface area contributed by atoms with Crippen LogP contribution in [0.1, 0.15) is 31.8 Å². The fraction of sp³-hybridized carbons (Fsp3) is 0.125. The quantitative estimate of drug-likeness (QED) is 0.467. The highest BCUT2D eigenvalue weighted by Crippen LogP contribution is 2.46. The predicted octanol–water partition coefficient (Wildman–Crippen LogP) is 3.66. The lowest BCUT2D eigenvalue weighted by atomic mass is 10.1. The van der Waals surface area contributed by atoms with Gasteiger partial charge in [-0.15, -0.1) is 0 Å². The highest BCUT2D eigenvalue weighted by molar-refractivity contribution is 8.76. The predicted molar refractivity (Wildman–Crippen MR) is 96.8 cm³/mol. The molecule has 0 heterocycles. The van der Waals surface area contributed by atoms with Crippen molar-refractivity contribution < 1.29 is 19.8 Å². The molecule has 0 aliphatic carbocycles. The third-order valence-electron chi connectivity index (χ3n) is 3.54. The molecule has 0 aromatic heterocycles. The number of carboxylic acids is 2. The van der Waals surface area contributed by atoms with Gasteiger partial charge >= 0.3 is 11.9 Å². The standard InChI is InChI=1S/C16H16N2O4S2/c1-7-9(15(19)20)3-5-11(17)13(7)23-24-14-8(2)10(16(21)22)4-6-12(14)18/h3-6H,17-18H2,1-2H3,(H,19,20)(H,21,22). The van der Waals surface area contributed by atoms with Gasteiger partial charge in [-0.05, 0) is 70.8 Å². The van der Waals surface area contributed by atoms with Gasteiger partial charge in [-0.2, -0.15) is 0 Å². The van der Waals surface area contributed by atoms with Gasteiger partial charge in [-0.1, -0.05) is 0 Å². The Hall–Kier alpha value is -2.32. The average Bonchev–Trinajstić information content (AvgIpc) is 2.48. The topological polar surface area (TPSA) is 127 Å². The van der Waals surface area contributed by atoms with Crippen LogP contribution >= 0.6 is 21.6 Å². The van der Waals surface area contributed by atoms with E-state index in [1.165, 1.54) is 33.7 Å². The molecule has 0 unspecified atom stereocenters. The minimum atomic E-state index is -1.03. The SMILES string of the molecule is Cc1c(C(=O)O)ccc(N)c1SSc1c(N)ccc(C(=O)O)c1C. The van der Waals surface area contributed by atoms with Crippen LogP contribution in [0.2, 0.25) is 0 Å². The van der Waals surface area contributed by atoms with Crippen molar-refractivity contribution in [3.63, 3.8) is 0 Å². The molecule has 0 atom stereocenters. The van der Waals surface area contributed by atoms with Crippen LogP contribution in [0.4, 0.5) is 11.4 Å². The molecule has 0 amide bonds. The van der Waals surface area contributed by atoms with E-state index in [0.717, 1.165) is 0 Å². The summed E-state index contributed by atoms with van der Waals surface area (Å²) in [6.45, 7) is 3.37. The molecule has 6 N–H and O–H groups in total. The lowest BCUT2D eigenvalue weighted by Gasteiger charge is -2.14. The molecule has 2 rings (SSSR count). The lowest BCUT2D eigenvalue weighted by molar-refractivity contribution is 0.0685. The van der Waals surface area contributed by atoms with Gasteiger partial charge in [0.1, 0.15) is 0 Å². The van der Waals surface area contributed by atoms with Crippen molar-refractivity contribution in [2.45, 2.75) is 23.6 Å². The van der Waals surface area contributed by atoms with Crippen molar-refractivity contribution in [2.24, 2.45) is 0 Å². The van der Waals surface area contributed by atoms with Gasteiger partial charge < -0.3 is 21.7 Å². The van der Waals surface area contributed by atoms with Gasteiger partial charge in [-0.3, -0.25) is 0 Å². The molecule has 0 fully saturated rings. The molecule has 126 valence electrons. The van der Waals surface area contributed by atoms with Gasteiger partial charge in [0, 0.05) is 21.2 Å². The summed E-state index contributed by atoms with van der Waals surface area (Å²) in [6.07, 6.45) is 0. The molecule has 0 aliphatic heterocycles. The number of carboxylic acid groups (broad SMARTS) is 2. The summed E-state index contributed by atoms with van der Waals surface area (Å²) in [4.78, 5) is 23.7. The second-order valence-electron chi connectivity index (χ2n) is 5.09. The average molecular weight is 364 g/mol. The van der Waals surface area contributed by atoms with Crippen molar-refractivity contribution >= 4 is 44.9 Å². The zero-order valence-electron chi connectivity index (χ0n) is 13.0. The Morgan fingerprint density at radius 2 is 1.12 bits per heavy atom. The molecule has 0 aliphatic rings. The van der Waals surface area contributed by atoms with Crippen LogP contribution in [-0.2, 0) is 0 Å². The number of anilines is 2. The molecule has 2 aromatic rings. The van der Waals surface area contributed by atoms with E-state index in [4.69, 9.17) is 11.5 Å². The Balaban J connectivity index is 2.39. The minimum absolute atomic E-state index is 0.177. The third-order valence-corrected chi connectivity index (χ3v) is 6.29. The Morgan fingerprint density at radius 3 is 1.42 bits per heavy atom. The number of hydrogen-bond acceptors (Lipinski definition) is 6. The molecular formula is C16H16N2O4S2. The van der Waals surface area contributed by atoms with Crippen molar-refractivity contribution in [1.82, 2.24) is 0 Å². The molecular weight excluding hydrogens is 348 g/mol. The Labute approximate surface area is 146 Å². The van der Waals surface area contributed by atoms with Crippen molar-refractivity contribution in [3.05, 3.63) is 46.5 Å². The number of nitrogens with two attached hydrogens (primary N) is 2. The maximum Gasteiger partial charge on any atom is 0.335 e. The number of rotatable bonds is 5. The van der Waals surface area contributed by atoms with E-state index < -0.39 is 11.9 Å². The summed E-state index contributed by atoms with van der Waals surface area (Å²) in [5.41, 5.74) is 14.3. The normalized spacial score (nSPS) is 10.6. The summed E-state index contributed by atoms with van der Waals surface area (Å²) < 4.78 is 0. The summed E-state index contributed by atoms with van der Waals surface area (Å²) in [5.74, 6) is -2.05. The largest absolute Gasteiger partial charge is 0.478 e. The summed E-state index contributed by atoms with van der Waals surface area (Å²) in [7, 11) is 2.52. The molecule has 6 nitrogen and oxygen atoms in total. The number of aromatic carboxylic acids is 2. The number of hydrogen-bond donors (Lipinski definition) is 4. The Morgan fingerprint density at radius 1 is 0.792 bits per heavy atom. The molecule has 8 heteroatoms. The van der Waals surface area contributed by atoms with E-state index in [0.29, 0.717) is 32.3 Å². The number of benzene rings is 2. The monoisotopic (exact) mass is 364 g/mol. The van der Waals surface area contributed by atoms with Crippen LogP contribution in [0.25, 0.3) is 0 Å². The Kier molecular flexibility index (Phi) is 5.30. The fourth-order valence-electron chi connectivity index (χ4n) is 2.19. The van der Waals surface area contributed by atoms with E-state index in [1.807, 2.05) is 0 Å². The molecule has 0 bridgehead atoms. The zero-order valence-corrected chi connectivity index (χ0v) is 14.6. The van der Waals surface area contributed by atoms with Crippen LogP contribution in [-0.4, -0.2) is 22.2 Å². The minimum Gasteiger partial charge on any atom is -0.478 e. The third kappa shape index (κ3) is 3.44. The van der Waals surface area contributed by atoms with E-state index in [9.17, 15) is 19.8 Å². The Bertz CT molecular complexity index is 768. The van der Waals surface area contributed by atoms with Gasteiger partial charge in [0.25, 0.3) is 0 Å². The van der Waals surface area contributed by atoms with Gasteiger partial charge in [0.15, 0.2) is 0 Å². The first-order valence-electron chi connectivity index (χ1n) is 6.83. The fourth-order valence-corrected chi connectivity index (χ4v) is 4.99. The number of nitrogen functional groups attached to an aromatic ring is 2. The van der Waals surface area contributed by atoms with Crippen LogP contribution in [0.15, 0.2) is 34.1 Å². The summed E-state index contributed by atoms with van der Waals surface area (Å²) in [6, 6.07) is 6.02. The van der Waals surface area contributed by atoms with Crippen LogP contribution in [0.3, 0.4) is 0 Å². The number of carbonyl (C=O) groups is 2. The molecule has 24 heavy (non-hydrogen) atoms. The van der Waals surface area contributed by atoms with Crippen molar-refractivity contribution in [1.29, 1.82) is 0 Å². The first-order valence-corrected chi connectivity index (χ1v) is 8.98. The van der Waals surface area contributed by atoms with E-state index in [2.05, 4.69) is 0 Å². The molecule has 0 saturated carbocycles. The van der Waals surface area contributed by atoms with Crippen molar-refractivity contribution in [2.75, 3.05) is 11.5 Å². The van der Waals surface area contributed by atoms with Crippen LogP contribution < -0.4 is 11.5 Å². The maximum atomic E-state index is 11.2. The molecule has 0 radical (unpaired) electrons. The van der Waals surface area contributed by atoms with Gasteiger partial charge in [0.2, 0.25) is 0 Å². The first-order chi connectivity index (χ1) is 11.2. The van der Waals surface area contributed by atoms with E-state index in [1.54, 1.807) is 26.0 Å². The smallest absolute Gasteiger partial charge is 0.335 e. The first kappa shape index (κ1) is 18.0. The lowest BCUT2D eigenvalue weighted by Crippen LogP contribution is -2.03. The zero-order chi connectivity index (χ0) is 18.0. The highest BCUT2D eigenvalue weighted by atomic mass is 33.1. The highest BCUT2D eigenvalue weighted by Gasteiger charge is 2.17. The molecule has 0 saturated heterocycles. The molecule has 2 aromatic carbocycles. The van der Waals surface area contributed by atoms with Crippen molar-refractivity contribution in [3.8, 4) is 0 Å². The van der Waals surface area contributed by atoms with Crippen LogP contribution in [0, 0.1) is 13.8 Å².